The molecule has 0 atom stereocenters. The van der Waals surface area contributed by atoms with Gasteiger partial charge >= 0.3 is 0 Å². The highest BCUT2D eigenvalue weighted by Crippen LogP contribution is 2.28. The zero-order chi connectivity index (χ0) is 18.0. The molecule has 25 heavy (non-hydrogen) atoms. The summed E-state index contributed by atoms with van der Waals surface area (Å²) in [5.74, 6) is 0.123. The van der Waals surface area contributed by atoms with Gasteiger partial charge in [0, 0.05) is 11.4 Å². The van der Waals surface area contributed by atoms with Crippen molar-refractivity contribution in [3.05, 3.63) is 50.7 Å². The first-order valence-corrected chi connectivity index (χ1v) is 8.83. The fraction of sp³-hybridized carbons (Fsp3) is 0.333. The maximum absolute atomic E-state index is 12.4. The molecule has 132 valence electrons. The number of hydrogen-bond donors (Lipinski definition) is 2. The summed E-state index contributed by atoms with van der Waals surface area (Å²) in [4.78, 5) is 27.1. The molecule has 2 heterocycles. The van der Waals surface area contributed by atoms with E-state index >= 15 is 0 Å². The predicted octanol–water partition coefficient (Wildman–Crippen LogP) is 2.45. The van der Waals surface area contributed by atoms with E-state index in [-0.39, 0.29) is 12.5 Å². The molecule has 6 nitrogen and oxygen atoms in total. The average molecular weight is 360 g/mol. The first-order valence-electron chi connectivity index (χ1n) is 8.02. The summed E-state index contributed by atoms with van der Waals surface area (Å²) >= 11 is 1.30. The molecule has 1 aliphatic rings. The molecule has 1 aromatic carbocycles. The molecule has 1 aliphatic heterocycles. The number of aryl methyl sites for hydroxylation is 2. The smallest absolute Gasteiger partial charge is 0.284 e. The van der Waals surface area contributed by atoms with Gasteiger partial charge in [0.15, 0.2) is 6.61 Å². The van der Waals surface area contributed by atoms with Gasteiger partial charge in [0.05, 0.1) is 11.4 Å². The van der Waals surface area contributed by atoms with Gasteiger partial charge in [-0.25, -0.2) is 5.48 Å². The molecule has 3 rings (SSSR count). The standard InChI is InChI=1S/C18H20N2O4S/c1-11-3-4-14(12(2)7-11)24-10-17(21)20-6-5-13-8-15(18(22)19-23)25-16(13)9-20/h3-4,7-8,23H,5-6,9-10H2,1-2H3,(H,19,22). The molecular formula is C18H20N2O4S. The Balaban J connectivity index is 1.62. The van der Waals surface area contributed by atoms with Gasteiger partial charge in [-0.15, -0.1) is 11.3 Å². The Bertz CT molecular complexity index is 815. The van der Waals surface area contributed by atoms with E-state index < -0.39 is 5.91 Å². The maximum atomic E-state index is 12.4. The lowest BCUT2D eigenvalue weighted by Crippen LogP contribution is -2.38. The van der Waals surface area contributed by atoms with Crippen molar-refractivity contribution in [2.24, 2.45) is 0 Å². The third-order valence-corrected chi connectivity index (χ3v) is 5.40. The number of carbonyl (C=O) groups excluding carboxylic acids is 2. The maximum Gasteiger partial charge on any atom is 0.284 e. The Morgan fingerprint density at radius 3 is 2.84 bits per heavy atom. The molecule has 0 bridgehead atoms. The lowest BCUT2D eigenvalue weighted by molar-refractivity contribution is -0.134. The van der Waals surface area contributed by atoms with Crippen LogP contribution in [0.2, 0.25) is 0 Å². The minimum absolute atomic E-state index is 0.00536. The van der Waals surface area contributed by atoms with Crippen LogP contribution in [-0.4, -0.2) is 35.1 Å². The molecule has 0 aliphatic carbocycles. The number of hydroxylamine groups is 1. The first kappa shape index (κ1) is 17.4. The van der Waals surface area contributed by atoms with Crippen molar-refractivity contribution in [3.63, 3.8) is 0 Å². The third-order valence-electron chi connectivity index (χ3n) is 4.24. The van der Waals surface area contributed by atoms with Crippen molar-refractivity contribution in [1.82, 2.24) is 10.4 Å². The lowest BCUT2D eigenvalue weighted by Gasteiger charge is -2.27. The summed E-state index contributed by atoms with van der Waals surface area (Å²) in [5.41, 5.74) is 4.86. The van der Waals surface area contributed by atoms with Crippen LogP contribution in [0.3, 0.4) is 0 Å². The Hall–Kier alpha value is -2.38. The summed E-state index contributed by atoms with van der Waals surface area (Å²) in [6, 6.07) is 7.64. The van der Waals surface area contributed by atoms with Crippen LogP contribution in [0.5, 0.6) is 5.75 Å². The van der Waals surface area contributed by atoms with E-state index in [2.05, 4.69) is 0 Å². The number of hydrogen-bond acceptors (Lipinski definition) is 5. The van der Waals surface area contributed by atoms with E-state index in [1.807, 2.05) is 32.0 Å². The molecule has 2 aromatic rings. The molecule has 2 amide bonds. The molecule has 0 radical (unpaired) electrons. The van der Waals surface area contributed by atoms with Gasteiger partial charge in [-0.05, 0) is 43.5 Å². The molecule has 0 saturated heterocycles. The molecule has 0 spiro atoms. The zero-order valence-electron chi connectivity index (χ0n) is 14.2. The molecule has 0 fully saturated rings. The van der Waals surface area contributed by atoms with Crippen LogP contribution < -0.4 is 10.2 Å². The number of thiophene rings is 1. The fourth-order valence-corrected chi connectivity index (χ4v) is 4.01. The van der Waals surface area contributed by atoms with Gasteiger partial charge in [-0.1, -0.05) is 17.7 Å². The molecular weight excluding hydrogens is 340 g/mol. The van der Waals surface area contributed by atoms with E-state index in [0.717, 1.165) is 27.3 Å². The van der Waals surface area contributed by atoms with Gasteiger partial charge in [0.1, 0.15) is 5.75 Å². The third kappa shape index (κ3) is 3.83. The number of ether oxygens (including phenoxy) is 1. The summed E-state index contributed by atoms with van der Waals surface area (Å²) in [5, 5.41) is 8.73. The van der Waals surface area contributed by atoms with E-state index in [1.54, 1.807) is 16.4 Å². The summed E-state index contributed by atoms with van der Waals surface area (Å²) < 4.78 is 5.67. The second-order valence-corrected chi connectivity index (χ2v) is 7.26. The lowest BCUT2D eigenvalue weighted by atomic mass is 10.1. The molecule has 0 unspecified atom stereocenters. The van der Waals surface area contributed by atoms with E-state index in [9.17, 15) is 9.59 Å². The van der Waals surface area contributed by atoms with E-state index in [1.165, 1.54) is 11.3 Å². The highest BCUT2D eigenvalue weighted by atomic mass is 32.1. The predicted molar refractivity (Wildman–Crippen MR) is 94.1 cm³/mol. The number of amides is 2. The second kappa shape index (κ2) is 7.25. The van der Waals surface area contributed by atoms with Crippen LogP contribution in [0.4, 0.5) is 0 Å². The van der Waals surface area contributed by atoms with Gasteiger partial charge in [-0.2, -0.15) is 0 Å². The van der Waals surface area contributed by atoms with Crippen LogP contribution in [0.15, 0.2) is 24.3 Å². The van der Waals surface area contributed by atoms with Crippen molar-refractivity contribution in [2.45, 2.75) is 26.8 Å². The zero-order valence-corrected chi connectivity index (χ0v) is 15.0. The molecule has 2 N–H and O–H groups in total. The number of benzene rings is 1. The minimum atomic E-state index is -0.518. The second-order valence-electron chi connectivity index (χ2n) is 6.12. The topological polar surface area (TPSA) is 78.9 Å². The summed E-state index contributed by atoms with van der Waals surface area (Å²) in [7, 11) is 0. The first-order chi connectivity index (χ1) is 12.0. The summed E-state index contributed by atoms with van der Waals surface area (Å²) in [6.45, 7) is 5.03. The Labute approximate surface area is 150 Å². The molecule has 0 saturated carbocycles. The Morgan fingerprint density at radius 1 is 1.32 bits per heavy atom. The van der Waals surface area contributed by atoms with Crippen molar-refractivity contribution in [1.29, 1.82) is 0 Å². The van der Waals surface area contributed by atoms with Gasteiger partial charge in [-0.3, -0.25) is 14.8 Å². The van der Waals surface area contributed by atoms with Crippen LogP contribution in [0, 0.1) is 13.8 Å². The van der Waals surface area contributed by atoms with Crippen molar-refractivity contribution in [3.8, 4) is 5.75 Å². The number of nitrogens with one attached hydrogen (secondary N) is 1. The highest BCUT2D eigenvalue weighted by molar-refractivity contribution is 7.14. The quantitative estimate of drug-likeness (QED) is 0.648. The van der Waals surface area contributed by atoms with Gasteiger partial charge < -0.3 is 9.64 Å². The van der Waals surface area contributed by atoms with Crippen LogP contribution in [-0.2, 0) is 17.8 Å². The molecule has 1 aromatic heterocycles. The van der Waals surface area contributed by atoms with Crippen molar-refractivity contribution < 1.29 is 19.5 Å². The normalized spacial score (nSPS) is 13.3. The monoisotopic (exact) mass is 360 g/mol. The SMILES string of the molecule is Cc1ccc(OCC(=O)N2CCc3cc(C(=O)NO)sc3C2)c(C)c1. The fourth-order valence-electron chi connectivity index (χ4n) is 2.89. The average Bonchev–Trinajstić information content (AvgIpc) is 3.03. The van der Waals surface area contributed by atoms with E-state index in [0.29, 0.717) is 24.4 Å². The largest absolute Gasteiger partial charge is 0.484 e. The van der Waals surface area contributed by atoms with Crippen molar-refractivity contribution in [2.75, 3.05) is 13.2 Å². The highest BCUT2D eigenvalue weighted by Gasteiger charge is 2.24. The van der Waals surface area contributed by atoms with Crippen molar-refractivity contribution >= 4 is 23.2 Å². The van der Waals surface area contributed by atoms with Crippen LogP contribution >= 0.6 is 11.3 Å². The van der Waals surface area contributed by atoms with Crippen LogP contribution in [0.1, 0.15) is 31.2 Å². The van der Waals surface area contributed by atoms with Crippen LogP contribution in [0.25, 0.3) is 0 Å². The minimum Gasteiger partial charge on any atom is -0.484 e. The number of rotatable bonds is 4. The van der Waals surface area contributed by atoms with E-state index in [4.69, 9.17) is 9.94 Å². The Morgan fingerprint density at radius 2 is 2.12 bits per heavy atom. The van der Waals surface area contributed by atoms with Gasteiger partial charge in [0.2, 0.25) is 0 Å². The number of carbonyl (C=O) groups is 2. The van der Waals surface area contributed by atoms with Gasteiger partial charge in [0.25, 0.3) is 11.8 Å². The Kier molecular flexibility index (Phi) is 5.06. The summed E-state index contributed by atoms with van der Waals surface area (Å²) in [6.07, 6.45) is 0.694. The molecule has 7 heteroatoms. The number of fused-ring (bicyclic) bond motifs is 1. The number of nitrogens with zero attached hydrogens (tertiary/aromatic N) is 1.